The fraction of sp³-hybridized carbons (Fsp3) is 0.182. The normalized spacial score (nSPS) is 10.8. The zero-order chi connectivity index (χ0) is 21.8. The molecule has 0 aliphatic carbocycles. The van der Waals surface area contributed by atoms with Gasteiger partial charge < -0.3 is 14.6 Å². The Morgan fingerprint density at radius 1 is 1.10 bits per heavy atom. The molecule has 0 fully saturated rings. The number of thiazole rings is 1. The lowest BCUT2D eigenvalue weighted by Crippen LogP contribution is -2.12. The molecule has 4 rings (SSSR count). The molecule has 0 aliphatic rings. The first kappa shape index (κ1) is 21.0. The van der Waals surface area contributed by atoms with Crippen LogP contribution in [0.15, 0.2) is 53.1 Å². The molecule has 2 aromatic carbocycles. The third kappa shape index (κ3) is 5.10. The van der Waals surface area contributed by atoms with Gasteiger partial charge in [0.05, 0.1) is 12.8 Å². The fourth-order valence-electron chi connectivity index (χ4n) is 2.94. The zero-order valence-corrected chi connectivity index (χ0v) is 18.5. The second-order valence-electron chi connectivity index (χ2n) is 6.72. The fourth-order valence-corrected chi connectivity index (χ4v) is 3.92. The number of methoxy groups -OCH3 is 1. The van der Waals surface area contributed by atoms with Crippen molar-refractivity contribution in [3.63, 3.8) is 0 Å². The summed E-state index contributed by atoms with van der Waals surface area (Å²) in [6, 6.07) is 14.8. The van der Waals surface area contributed by atoms with Gasteiger partial charge in [0, 0.05) is 33.9 Å². The first-order valence-corrected chi connectivity index (χ1v) is 10.7. The summed E-state index contributed by atoms with van der Waals surface area (Å²) in [4.78, 5) is 22.3. The second-order valence-corrected chi connectivity index (χ2v) is 8.36. The molecular formula is C22H19ClN4O3S. The number of ether oxygens (including phenoxy) is 1. The van der Waals surface area contributed by atoms with E-state index in [0.29, 0.717) is 28.3 Å². The number of halogens is 1. The average Bonchev–Trinajstić information content (AvgIpc) is 3.39. The molecule has 0 aliphatic heterocycles. The van der Waals surface area contributed by atoms with E-state index in [1.54, 1.807) is 19.2 Å². The molecule has 2 aromatic heterocycles. The summed E-state index contributed by atoms with van der Waals surface area (Å²) in [7, 11) is 1.63. The Bertz CT molecular complexity index is 1190. The predicted octanol–water partition coefficient (Wildman–Crippen LogP) is 5.40. The van der Waals surface area contributed by atoms with Crippen molar-refractivity contribution < 1.29 is 14.1 Å². The minimum atomic E-state index is -0.165. The maximum Gasteiger partial charge on any atom is 0.227 e. The van der Waals surface area contributed by atoms with E-state index in [4.69, 9.17) is 20.9 Å². The molecule has 4 aromatic rings. The quantitative estimate of drug-likeness (QED) is 0.402. The monoisotopic (exact) mass is 454 g/mol. The van der Waals surface area contributed by atoms with Crippen LogP contribution in [0.25, 0.3) is 22.6 Å². The number of aryl methyl sites for hydroxylation is 2. The van der Waals surface area contributed by atoms with Gasteiger partial charge in [-0.25, -0.2) is 4.98 Å². The minimum absolute atomic E-state index is 0.165. The minimum Gasteiger partial charge on any atom is -0.497 e. The summed E-state index contributed by atoms with van der Waals surface area (Å²) in [5.41, 5.74) is 2.61. The van der Waals surface area contributed by atoms with Gasteiger partial charge in [0.2, 0.25) is 17.6 Å². The van der Waals surface area contributed by atoms with Crippen molar-refractivity contribution in [2.75, 3.05) is 12.4 Å². The molecule has 0 bridgehead atoms. The van der Waals surface area contributed by atoms with Crippen LogP contribution in [0.2, 0.25) is 5.02 Å². The number of rotatable bonds is 7. The highest BCUT2D eigenvalue weighted by Crippen LogP contribution is 2.31. The summed E-state index contributed by atoms with van der Waals surface area (Å²) in [5, 5.41) is 8.00. The van der Waals surface area contributed by atoms with Crippen LogP contribution in [0.3, 0.4) is 0 Å². The van der Waals surface area contributed by atoms with E-state index in [0.717, 1.165) is 27.4 Å². The smallest absolute Gasteiger partial charge is 0.227 e. The molecule has 0 radical (unpaired) electrons. The van der Waals surface area contributed by atoms with Gasteiger partial charge in [-0.3, -0.25) is 4.79 Å². The SMILES string of the molecule is COc1ccc(-c2nc(NC(=O)CCc3nc(-c4ccc(Cl)cc4)no3)sc2C)cc1. The predicted molar refractivity (Wildman–Crippen MR) is 121 cm³/mol. The van der Waals surface area contributed by atoms with Gasteiger partial charge in [-0.05, 0) is 55.5 Å². The van der Waals surface area contributed by atoms with E-state index >= 15 is 0 Å². The highest BCUT2D eigenvalue weighted by Gasteiger charge is 2.14. The number of amides is 1. The number of anilines is 1. The molecule has 158 valence electrons. The Kier molecular flexibility index (Phi) is 6.29. The number of benzene rings is 2. The lowest BCUT2D eigenvalue weighted by Gasteiger charge is -2.02. The lowest BCUT2D eigenvalue weighted by atomic mass is 10.1. The van der Waals surface area contributed by atoms with Crippen LogP contribution in [0.4, 0.5) is 5.13 Å². The van der Waals surface area contributed by atoms with Crippen LogP contribution >= 0.6 is 22.9 Å². The molecule has 0 spiro atoms. The van der Waals surface area contributed by atoms with E-state index in [-0.39, 0.29) is 12.3 Å². The molecule has 31 heavy (non-hydrogen) atoms. The maximum absolute atomic E-state index is 12.4. The van der Waals surface area contributed by atoms with Crippen molar-refractivity contribution in [2.45, 2.75) is 19.8 Å². The largest absolute Gasteiger partial charge is 0.497 e. The second kappa shape index (κ2) is 9.28. The molecule has 1 N–H and O–H groups in total. The Hall–Kier alpha value is -3.23. The lowest BCUT2D eigenvalue weighted by molar-refractivity contribution is -0.116. The summed E-state index contributed by atoms with van der Waals surface area (Å²) in [6.07, 6.45) is 0.543. The van der Waals surface area contributed by atoms with Crippen molar-refractivity contribution in [1.82, 2.24) is 15.1 Å². The van der Waals surface area contributed by atoms with Gasteiger partial charge in [0.25, 0.3) is 0 Å². The number of hydrogen-bond donors (Lipinski definition) is 1. The maximum atomic E-state index is 12.4. The number of carbonyl (C=O) groups is 1. The number of hydrogen-bond acceptors (Lipinski definition) is 7. The van der Waals surface area contributed by atoms with Gasteiger partial charge in [-0.15, -0.1) is 11.3 Å². The van der Waals surface area contributed by atoms with Gasteiger partial charge in [0.1, 0.15) is 5.75 Å². The van der Waals surface area contributed by atoms with Gasteiger partial charge >= 0.3 is 0 Å². The van der Waals surface area contributed by atoms with E-state index in [1.807, 2.05) is 43.3 Å². The molecule has 9 heteroatoms. The Balaban J connectivity index is 1.35. The van der Waals surface area contributed by atoms with E-state index in [9.17, 15) is 4.79 Å². The van der Waals surface area contributed by atoms with Crippen LogP contribution in [0.5, 0.6) is 5.75 Å². The van der Waals surface area contributed by atoms with Crippen molar-refractivity contribution in [3.8, 4) is 28.4 Å². The molecule has 0 saturated carbocycles. The Morgan fingerprint density at radius 3 is 2.52 bits per heavy atom. The number of nitrogens with zero attached hydrogens (tertiary/aromatic N) is 3. The molecule has 0 unspecified atom stereocenters. The van der Waals surface area contributed by atoms with Crippen LogP contribution in [-0.2, 0) is 11.2 Å². The first-order chi connectivity index (χ1) is 15.0. The van der Waals surface area contributed by atoms with Crippen molar-refractivity contribution in [3.05, 3.63) is 64.3 Å². The van der Waals surface area contributed by atoms with E-state index in [2.05, 4.69) is 20.4 Å². The highest BCUT2D eigenvalue weighted by molar-refractivity contribution is 7.16. The summed E-state index contributed by atoms with van der Waals surface area (Å²) < 4.78 is 10.4. The molecular weight excluding hydrogens is 436 g/mol. The third-order valence-electron chi connectivity index (χ3n) is 4.54. The van der Waals surface area contributed by atoms with Crippen molar-refractivity contribution >= 4 is 34.0 Å². The number of aromatic nitrogens is 3. The summed E-state index contributed by atoms with van der Waals surface area (Å²) >= 11 is 7.33. The van der Waals surface area contributed by atoms with Crippen LogP contribution in [0, 0.1) is 6.92 Å². The van der Waals surface area contributed by atoms with E-state index in [1.165, 1.54) is 11.3 Å². The van der Waals surface area contributed by atoms with Crippen LogP contribution in [-0.4, -0.2) is 28.1 Å². The van der Waals surface area contributed by atoms with Gasteiger partial charge in [-0.2, -0.15) is 4.98 Å². The van der Waals surface area contributed by atoms with Gasteiger partial charge in [-0.1, -0.05) is 16.8 Å². The zero-order valence-electron chi connectivity index (χ0n) is 16.9. The summed E-state index contributed by atoms with van der Waals surface area (Å²) in [6.45, 7) is 1.98. The standard InChI is InChI=1S/C22H19ClN4O3S/c1-13-20(14-5-9-17(29-2)10-6-14)26-22(31-13)24-18(28)11-12-19-25-21(27-30-19)15-3-7-16(23)8-4-15/h3-10H,11-12H2,1-2H3,(H,24,26,28). The molecule has 2 heterocycles. The molecule has 7 nitrogen and oxygen atoms in total. The average molecular weight is 455 g/mol. The topological polar surface area (TPSA) is 90.1 Å². The number of nitrogens with one attached hydrogen (secondary N) is 1. The van der Waals surface area contributed by atoms with Gasteiger partial charge in [0.15, 0.2) is 5.13 Å². The number of carbonyl (C=O) groups excluding carboxylic acids is 1. The Labute approximate surface area is 188 Å². The highest BCUT2D eigenvalue weighted by atomic mass is 35.5. The molecule has 1 amide bonds. The first-order valence-electron chi connectivity index (χ1n) is 9.52. The van der Waals surface area contributed by atoms with Crippen molar-refractivity contribution in [2.24, 2.45) is 0 Å². The Morgan fingerprint density at radius 2 is 1.81 bits per heavy atom. The van der Waals surface area contributed by atoms with Crippen molar-refractivity contribution in [1.29, 1.82) is 0 Å². The summed E-state index contributed by atoms with van der Waals surface area (Å²) in [5.74, 6) is 1.48. The molecule has 0 saturated heterocycles. The van der Waals surface area contributed by atoms with Crippen LogP contribution < -0.4 is 10.1 Å². The van der Waals surface area contributed by atoms with Crippen LogP contribution in [0.1, 0.15) is 17.2 Å². The third-order valence-corrected chi connectivity index (χ3v) is 5.68. The van der Waals surface area contributed by atoms with E-state index < -0.39 is 0 Å². The molecule has 0 atom stereocenters.